The van der Waals surface area contributed by atoms with Gasteiger partial charge in [-0.05, 0) is 65.5 Å². The summed E-state index contributed by atoms with van der Waals surface area (Å²) in [7, 11) is 7.84. The number of urea groups is 1. The first kappa shape index (κ1) is 24.1. The Kier molecular flexibility index (Phi) is 6.58. The van der Waals surface area contributed by atoms with Crippen LogP contribution in [0.25, 0.3) is 0 Å². The maximum Gasteiger partial charge on any atom is 0.326 e. The minimum absolute atomic E-state index is 0.0328. The fourth-order valence-corrected chi connectivity index (χ4v) is 5.43. The Labute approximate surface area is 201 Å². The van der Waals surface area contributed by atoms with Gasteiger partial charge in [0.2, 0.25) is 5.82 Å². The molecule has 1 aromatic heterocycles. The molecule has 2 heterocycles. The third-order valence-corrected chi connectivity index (χ3v) is 7.62. The molecule has 1 spiro atoms. The molecule has 1 aromatic carbocycles. The van der Waals surface area contributed by atoms with Crippen molar-refractivity contribution in [3.05, 3.63) is 54.0 Å². The van der Waals surface area contributed by atoms with Crippen molar-refractivity contribution in [2.45, 2.75) is 43.0 Å². The summed E-state index contributed by atoms with van der Waals surface area (Å²) in [6, 6.07) is 14.0. The summed E-state index contributed by atoms with van der Waals surface area (Å²) in [6.07, 6.45) is 4.07. The van der Waals surface area contributed by atoms with E-state index in [-0.39, 0.29) is 23.9 Å². The maximum absolute atomic E-state index is 13.7. The first-order valence-electron chi connectivity index (χ1n) is 11.6. The van der Waals surface area contributed by atoms with Gasteiger partial charge in [-0.15, -0.1) is 0 Å². The molecule has 34 heavy (non-hydrogen) atoms. The Morgan fingerprint density at radius 2 is 1.79 bits per heavy atom. The van der Waals surface area contributed by atoms with Crippen molar-refractivity contribution in [2.75, 3.05) is 46.2 Å². The number of benzene rings is 1. The summed E-state index contributed by atoms with van der Waals surface area (Å²) >= 11 is 0. The number of carbonyl (C=O) groups excluding carboxylic acids is 1. The monoisotopic (exact) mass is 463 g/mol. The minimum atomic E-state index is -0.782. The molecule has 0 bridgehead atoms. The standard InChI is InChI=1S/C25H33N7O2/c1-29(2)22(33)17-32-23(34)31(21-10-15-27-20(16-26)28-21)18-24(32)11-13-25(14-12-24,30(3)4)19-8-6-5-7-9-19/h5-10,15,22,33H,11-14,17-18H2,1-4H3/t22?,24-,25+. The summed E-state index contributed by atoms with van der Waals surface area (Å²) in [5.41, 5.74) is 0.739. The van der Waals surface area contributed by atoms with Gasteiger partial charge in [0, 0.05) is 11.7 Å². The molecule has 1 aliphatic heterocycles. The summed E-state index contributed by atoms with van der Waals surface area (Å²) in [5.74, 6) is 0.454. The average molecular weight is 464 g/mol. The summed E-state index contributed by atoms with van der Waals surface area (Å²) in [5, 5.41) is 19.9. The molecule has 1 atom stereocenters. The van der Waals surface area contributed by atoms with Crippen molar-refractivity contribution in [1.82, 2.24) is 24.7 Å². The van der Waals surface area contributed by atoms with E-state index in [1.807, 2.05) is 17.0 Å². The lowest BCUT2D eigenvalue weighted by molar-refractivity contribution is -0.0233. The molecule has 9 heteroatoms. The number of aromatic nitrogens is 2. The van der Waals surface area contributed by atoms with Gasteiger partial charge < -0.3 is 10.0 Å². The Hall–Kier alpha value is -3.06. The molecular weight excluding hydrogens is 430 g/mol. The van der Waals surface area contributed by atoms with Crippen LogP contribution in [0, 0.1) is 11.3 Å². The molecule has 1 saturated heterocycles. The first-order valence-corrected chi connectivity index (χ1v) is 11.6. The van der Waals surface area contributed by atoms with Gasteiger partial charge in [0.1, 0.15) is 18.1 Å². The number of amides is 2. The lowest BCUT2D eigenvalue weighted by atomic mass is 9.68. The molecule has 180 valence electrons. The van der Waals surface area contributed by atoms with Crippen LogP contribution in [0.3, 0.4) is 0 Å². The first-order chi connectivity index (χ1) is 16.2. The Morgan fingerprint density at radius 1 is 1.12 bits per heavy atom. The molecule has 2 aliphatic rings. The van der Waals surface area contributed by atoms with Gasteiger partial charge in [0.15, 0.2) is 0 Å². The van der Waals surface area contributed by atoms with E-state index in [0.717, 1.165) is 25.7 Å². The largest absolute Gasteiger partial charge is 0.377 e. The predicted molar refractivity (Wildman–Crippen MR) is 129 cm³/mol. The number of β-amino-alcohol motifs (C(OH)–C–C–N with tert-alkyl or cyclic N) is 1. The molecule has 1 aliphatic carbocycles. The van der Waals surface area contributed by atoms with E-state index in [1.165, 1.54) is 11.8 Å². The molecule has 4 rings (SSSR count). The molecule has 2 fully saturated rings. The number of anilines is 1. The van der Waals surface area contributed by atoms with Crippen molar-refractivity contribution < 1.29 is 9.90 Å². The zero-order chi connectivity index (χ0) is 24.5. The second kappa shape index (κ2) is 9.29. The van der Waals surface area contributed by atoms with Crippen LogP contribution >= 0.6 is 0 Å². The highest BCUT2D eigenvalue weighted by Gasteiger charge is 2.55. The van der Waals surface area contributed by atoms with Crippen LogP contribution in [0.5, 0.6) is 0 Å². The molecule has 1 saturated carbocycles. The van der Waals surface area contributed by atoms with Gasteiger partial charge in [-0.1, -0.05) is 30.3 Å². The van der Waals surface area contributed by atoms with Crippen LogP contribution in [-0.4, -0.2) is 88.9 Å². The molecular formula is C25H33N7O2. The highest BCUT2D eigenvalue weighted by molar-refractivity contribution is 5.94. The van der Waals surface area contributed by atoms with Gasteiger partial charge in [-0.2, -0.15) is 5.26 Å². The van der Waals surface area contributed by atoms with Crippen molar-refractivity contribution in [1.29, 1.82) is 5.26 Å². The zero-order valence-electron chi connectivity index (χ0n) is 20.3. The smallest absolute Gasteiger partial charge is 0.326 e. The van der Waals surface area contributed by atoms with Gasteiger partial charge in [-0.3, -0.25) is 14.7 Å². The van der Waals surface area contributed by atoms with Gasteiger partial charge >= 0.3 is 6.03 Å². The molecule has 1 N–H and O–H groups in total. The highest BCUT2D eigenvalue weighted by Crippen LogP contribution is 2.49. The summed E-state index contributed by atoms with van der Waals surface area (Å²) in [6.45, 7) is 0.672. The molecule has 9 nitrogen and oxygen atoms in total. The van der Waals surface area contributed by atoms with E-state index >= 15 is 0 Å². The van der Waals surface area contributed by atoms with Crippen LogP contribution < -0.4 is 4.90 Å². The fourth-order valence-electron chi connectivity index (χ4n) is 5.43. The SMILES string of the molecule is CN(C)C(O)CN1C(=O)N(c2ccnc(C#N)n2)C[C@]12CC[C@](c1ccccc1)(N(C)C)CC2. The lowest BCUT2D eigenvalue weighted by Crippen LogP contribution is -2.57. The maximum atomic E-state index is 13.7. The fraction of sp³-hybridized carbons (Fsp3) is 0.520. The number of likely N-dealkylation sites (N-methyl/N-ethyl adjacent to an activating group) is 1. The number of nitriles is 1. The Bertz CT molecular complexity index is 1060. The second-order valence-electron chi connectivity index (χ2n) is 9.79. The zero-order valence-corrected chi connectivity index (χ0v) is 20.3. The van der Waals surface area contributed by atoms with Crippen LogP contribution in [0.2, 0.25) is 0 Å². The molecule has 1 unspecified atom stereocenters. The van der Waals surface area contributed by atoms with Gasteiger partial charge in [0.25, 0.3) is 0 Å². The van der Waals surface area contributed by atoms with Crippen LogP contribution in [0.15, 0.2) is 42.6 Å². The molecule has 2 aromatic rings. The number of aliphatic hydroxyl groups is 1. The average Bonchev–Trinajstić information content (AvgIpc) is 3.11. The van der Waals surface area contributed by atoms with Crippen molar-refractivity contribution >= 4 is 11.8 Å². The number of rotatable bonds is 6. The molecule has 0 radical (unpaired) electrons. The number of hydrogen-bond acceptors (Lipinski definition) is 7. The predicted octanol–water partition coefficient (Wildman–Crippen LogP) is 2.24. The van der Waals surface area contributed by atoms with Crippen molar-refractivity contribution in [3.63, 3.8) is 0 Å². The van der Waals surface area contributed by atoms with Crippen LogP contribution in [-0.2, 0) is 5.54 Å². The number of nitrogens with zero attached hydrogens (tertiary/aromatic N) is 7. The third kappa shape index (κ3) is 4.13. The molecule has 2 amide bonds. The van der Waals surface area contributed by atoms with Gasteiger partial charge in [-0.25, -0.2) is 14.8 Å². The van der Waals surface area contributed by atoms with Crippen molar-refractivity contribution in [2.24, 2.45) is 0 Å². The Balaban J connectivity index is 1.68. The van der Waals surface area contributed by atoms with Crippen LogP contribution in [0.4, 0.5) is 10.6 Å². The topological polar surface area (TPSA) is 99.8 Å². The summed E-state index contributed by atoms with van der Waals surface area (Å²) in [4.78, 5) is 29.4. The Morgan fingerprint density at radius 3 is 2.38 bits per heavy atom. The highest BCUT2D eigenvalue weighted by atomic mass is 16.3. The van der Waals surface area contributed by atoms with E-state index in [0.29, 0.717) is 12.4 Å². The second-order valence-corrected chi connectivity index (χ2v) is 9.79. The van der Waals surface area contributed by atoms with E-state index in [2.05, 4.69) is 53.2 Å². The third-order valence-electron chi connectivity index (χ3n) is 7.62. The van der Waals surface area contributed by atoms with Crippen molar-refractivity contribution in [3.8, 4) is 6.07 Å². The number of hydrogen-bond donors (Lipinski definition) is 1. The number of carbonyl (C=O) groups is 1. The van der Waals surface area contributed by atoms with Crippen LogP contribution in [0.1, 0.15) is 37.1 Å². The van der Waals surface area contributed by atoms with E-state index < -0.39 is 11.8 Å². The van der Waals surface area contributed by atoms with E-state index in [9.17, 15) is 15.2 Å². The number of aliphatic hydroxyl groups excluding tert-OH is 1. The van der Waals surface area contributed by atoms with E-state index in [1.54, 1.807) is 30.0 Å². The normalized spacial score (nSPS) is 25.9. The van der Waals surface area contributed by atoms with E-state index in [4.69, 9.17) is 0 Å². The quantitative estimate of drug-likeness (QED) is 0.656. The lowest BCUT2D eigenvalue weighted by Gasteiger charge is -2.51. The van der Waals surface area contributed by atoms with Gasteiger partial charge in [0.05, 0.1) is 18.6 Å². The minimum Gasteiger partial charge on any atom is -0.377 e. The summed E-state index contributed by atoms with van der Waals surface area (Å²) < 4.78 is 0.